The normalized spacial score (nSPS) is 12.2. The largest absolute Gasteiger partial charge is 0.207 e. The fraction of sp³-hybridized carbons (Fsp3) is 0.300. The molecule has 0 aliphatic heterocycles. The molecule has 0 radical (unpaired) electrons. The molecule has 13 heavy (non-hydrogen) atoms. The van der Waals surface area contributed by atoms with Gasteiger partial charge < -0.3 is 0 Å². The number of hydrogen-bond acceptors (Lipinski definition) is 1. The molecule has 68 valence electrons. The van der Waals surface area contributed by atoms with Gasteiger partial charge in [-0.2, -0.15) is 5.26 Å². The minimum Gasteiger partial charge on any atom is -0.207 e. The third-order valence-corrected chi connectivity index (χ3v) is 1.89. The van der Waals surface area contributed by atoms with Crippen molar-refractivity contribution < 1.29 is 8.78 Å². The van der Waals surface area contributed by atoms with Crippen LogP contribution in [-0.4, -0.2) is 0 Å². The van der Waals surface area contributed by atoms with Crippen molar-refractivity contribution >= 4 is 0 Å². The summed E-state index contributed by atoms with van der Waals surface area (Å²) in [4.78, 5) is 0. The van der Waals surface area contributed by atoms with Crippen molar-refractivity contribution in [2.24, 2.45) is 0 Å². The van der Waals surface area contributed by atoms with Crippen molar-refractivity contribution in [3.63, 3.8) is 0 Å². The smallest absolute Gasteiger partial charge is 0.129 e. The van der Waals surface area contributed by atoms with Gasteiger partial charge in [0.25, 0.3) is 0 Å². The van der Waals surface area contributed by atoms with E-state index in [0.29, 0.717) is 5.56 Å². The molecule has 1 aromatic rings. The SMILES string of the molecule is C[C@H](CC#N)c1ccc(F)cc1F. The molecule has 0 aromatic heterocycles. The van der Waals surface area contributed by atoms with Crippen molar-refractivity contribution in [3.05, 3.63) is 35.4 Å². The average Bonchev–Trinajstić information content (AvgIpc) is 2.04. The summed E-state index contributed by atoms with van der Waals surface area (Å²) in [6.45, 7) is 1.74. The van der Waals surface area contributed by atoms with E-state index in [0.717, 1.165) is 6.07 Å². The first kappa shape index (κ1) is 9.66. The van der Waals surface area contributed by atoms with E-state index in [-0.39, 0.29) is 12.3 Å². The summed E-state index contributed by atoms with van der Waals surface area (Å²) < 4.78 is 25.6. The zero-order chi connectivity index (χ0) is 9.84. The van der Waals surface area contributed by atoms with E-state index in [1.807, 2.05) is 6.07 Å². The first-order valence-electron chi connectivity index (χ1n) is 3.97. The molecule has 0 saturated heterocycles. The van der Waals surface area contributed by atoms with Gasteiger partial charge in [-0.25, -0.2) is 8.78 Å². The predicted octanol–water partition coefficient (Wildman–Crippen LogP) is 2.98. The second-order valence-electron chi connectivity index (χ2n) is 2.93. The maximum absolute atomic E-state index is 13.1. The van der Waals surface area contributed by atoms with Gasteiger partial charge in [0.15, 0.2) is 0 Å². The number of hydrogen-bond donors (Lipinski definition) is 0. The van der Waals surface area contributed by atoms with E-state index in [2.05, 4.69) is 0 Å². The lowest BCUT2D eigenvalue weighted by molar-refractivity contribution is 0.561. The van der Waals surface area contributed by atoms with Crippen LogP contribution in [0.3, 0.4) is 0 Å². The standard InChI is InChI=1S/C10H9F2N/c1-7(4-5-13)9-3-2-8(11)6-10(9)12/h2-3,6-7H,4H2,1H3/t7-/m1/s1. The quantitative estimate of drug-likeness (QED) is 0.688. The molecule has 0 saturated carbocycles. The maximum atomic E-state index is 13.1. The second-order valence-corrected chi connectivity index (χ2v) is 2.93. The molecule has 0 bridgehead atoms. The molecule has 0 aliphatic carbocycles. The molecule has 1 atom stereocenters. The van der Waals surface area contributed by atoms with Crippen LogP contribution in [-0.2, 0) is 0 Å². The Morgan fingerprint density at radius 1 is 1.46 bits per heavy atom. The number of rotatable bonds is 2. The molecular weight excluding hydrogens is 172 g/mol. The summed E-state index contributed by atoms with van der Waals surface area (Å²) in [5, 5.41) is 8.40. The zero-order valence-electron chi connectivity index (χ0n) is 7.22. The molecule has 0 amide bonds. The van der Waals surface area contributed by atoms with Gasteiger partial charge in [-0.15, -0.1) is 0 Å². The van der Waals surface area contributed by atoms with Gasteiger partial charge in [-0.1, -0.05) is 13.0 Å². The highest BCUT2D eigenvalue weighted by molar-refractivity contribution is 5.22. The van der Waals surface area contributed by atoms with Crippen LogP contribution in [0.25, 0.3) is 0 Å². The molecule has 1 rings (SSSR count). The first-order chi connectivity index (χ1) is 6.15. The third kappa shape index (κ3) is 2.25. The van der Waals surface area contributed by atoms with Crippen LogP contribution in [0.1, 0.15) is 24.8 Å². The molecule has 1 nitrogen and oxygen atoms in total. The number of halogens is 2. The molecular formula is C10H9F2N. The lowest BCUT2D eigenvalue weighted by Crippen LogP contribution is -1.96. The molecule has 1 aromatic carbocycles. The third-order valence-electron chi connectivity index (χ3n) is 1.89. The minimum absolute atomic E-state index is 0.189. The summed E-state index contributed by atoms with van der Waals surface area (Å²) in [7, 11) is 0. The monoisotopic (exact) mass is 181 g/mol. The van der Waals surface area contributed by atoms with Crippen LogP contribution >= 0.6 is 0 Å². The van der Waals surface area contributed by atoms with Crippen molar-refractivity contribution in [1.29, 1.82) is 5.26 Å². The van der Waals surface area contributed by atoms with Crippen LogP contribution in [0, 0.1) is 23.0 Å². The minimum atomic E-state index is -0.592. The molecule has 0 unspecified atom stereocenters. The summed E-state index contributed by atoms with van der Waals surface area (Å²) in [6, 6.07) is 5.37. The van der Waals surface area contributed by atoms with Crippen molar-refractivity contribution in [2.45, 2.75) is 19.3 Å². The van der Waals surface area contributed by atoms with E-state index in [1.54, 1.807) is 6.92 Å². The predicted molar refractivity (Wildman–Crippen MR) is 45.0 cm³/mol. The Bertz CT molecular complexity index is 341. The van der Waals surface area contributed by atoms with Crippen LogP contribution < -0.4 is 0 Å². The molecule has 0 spiro atoms. The van der Waals surface area contributed by atoms with Gasteiger partial charge in [0.05, 0.1) is 6.07 Å². The highest BCUT2D eigenvalue weighted by atomic mass is 19.1. The van der Waals surface area contributed by atoms with E-state index in [4.69, 9.17) is 5.26 Å². The lowest BCUT2D eigenvalue weighted by atomic mass is 9.98. The molecule has 0 aliphatic rings. The fourth-order valence-corrected chi connectivity index (χ4v) is 1.15. The average molecular weight is 181 g/mol. The molecule has 3 heteroatoms. The Morgan fingerprint density at radius 3 is 2.69 bits per heavy atom. The highest BCUT2D eigenvalue weighted by Gasteiger charge is 2.10. The molecule has 0 fully saturated rings. The van der Waals surface area contributed by atoms with Crippen LogP contribution in [0.2, 0.25) is 0 Å². The van der Waals surface area contributed by atoms with E-state index in [1.165, 1.54) is 12.1 Å². The van der Waals surface area contributed by atoms with Gasteiger partial charge in [0, 0.05) is 12.5 Å². The van der Waals surface area contributed by atoms with E-state index < -0.39 is 11.6 Å². The lowest BCUT2D eigenvalue weighted by Gasteiger charge is -2.08. The summed E-state index contributed by atoms with van der Waals surface area (Å²) in [5.41, 5.74) is 0.392. The maximum Gasteiger partial charge on any atom is 0.129 e. The Morgan fingerprint density at radius 2 is 2.15 bits per heavy atom. The van der Waals surface area contributed by atoms with E-state index in [9.17, 15) is 8.78 Å². The zero-order valence-corrected chi connectivity index (χ0v) is 7.22. The van der Waals surface area contributed by atoms with Crippen LogP contribution in [0.15, 0.2) is 18.2 Å². The summed E-state index contributed by atoms with van der Waals surface area (Å²) >= 11 is 0. The van der Waals surface area contributed by atoms with Crippen molar-refractivity contribution in [3.8, 4) is 6.07 Å². The number of benzene rings is 1. The molecule has 0 heterocycles. The Labute approximate surface area is 75.6 Å². The Balaban J connectivity index is 2.96. The second kappa shape index (κ2) is 3.99. The van der Waals surface area contributed by atoms with Crippen molar-refractivity contribution in [1.82, 2.24) is 0 Å². The summed E-state index contributed by atoms with van der Waals surface area (Å²) in [5.74, 6) is -1.36. The molecule has 0 N–H and O–H groups in total. The van der Waals surface area contributed by atoms with Crippen LogP contribution in [0.4, 0.5) is 8.78 Å². The van der Waals surface area contributed by atoms with Gasteiger partial charge >= 0.3 is 0 Å². The Hall–Kier alpha value is -1.43. The summed E-state index contributed by atoms with van der Waals surface area (Å²) in [6.07, 6.45) is 0.239. The van der Waals surface area contributed by atoms with Crippen molar-refractivity contribution in [2.75, 3.05) is 0 Å². The number of nitriles is 1. The fourth-order valence-electron chi connectivity index (χ4n) is 1.15. The van der Waals surface area contributed by atoms with E-state index >= 15 is 0 Å². The topological polar surface area (TPSA) is 23.8 Å². The Kier molecular flexibility index (Phi) is 2.97. The van der Waals surface area contributed by atoms with Gasteiger partial charge in [-0.3, -0.25) is 0 Å². The van der Waals surface area contributed by atoms with Crippen LogP contribution in [0.5, 0.6) is 0 Å². The van der Waals surface area contributed by atoms with Gasteiger partial charge in [0.2, 0.25) is 0 Å². The van der Waals surface area contributed by atoms with Gasteiger partial charge in [-0.05, 0) is 17.5 Å². The first-order valence-corrected chi connectivity index (χ1v) is 3.97. The van der Waals surface area contributed by atoms with Gasteiger partial charge in [0.1, 0.15) is 11.6 Å². The highest BCUT2D eigenvalue weighted by Crippen LogP contribution is 2.21. The number of nitrogens with zero attached hydrogens (tertiary/aromatic N) is 1.